The van der Waals surface area contributed by atoms with Gasteiger partial charge in [-0.3, -0.25) is 0 Å². The van der Waals surface area contributed by atoms with Gasteiger partial charge in [0, 0.05) is 0 Å². The van der Waals surface area contributed by atoms with Crippen molar-refractivity contribution in [1.82, 2.24) is 0 Å². The number of hydrogen-bond donors (Lipinski definition) is 0. The predicted molar refractivity (Wildman–Crippen MR) is 82.3 cm³/mol. The van der Waals surface area contributed by atoms with E-state index < -0.39 is 28.8 Å². The molecule has 1 atom stereocenters. The van der Waals surface area contributed by atoms with E-state index in [9.17, 15) is 8.42 Å². The van der Waals surface area contributed by atoms with Crippen LogP contribution >= 0.6 is 0 Å². The standard InChI is InChI=1S/C12H21NO2S2Si/c1-11-6-8-12(9-7-11)17(14,15)13-16(2)10-18(3,4)5/h6-9H,10H2,1-5H3. The zero-order valence-corrected chi connectivity index (χ0v) is 14.2. The molecule has 1 unspecified atom stereocenters. The average molecular weight is 304 g/mol. The van der Waals surface area contributed by atoms with E-state index in [0.29, 0.717) is 4.90 Å². The first-order chi connectivity index (χ1) is 8.10. The van der Waals surface area contributed by atoms with Gasteiger partial charge >= 0.3 is 0 Å². The molecule has 18 heavy (non-hydrogen) atoms. The van der Waals surface area contributed by atoms with Crippen molar-refractivity contribution in [2.45, 2.75) is 31.5 Å². The number of benzene rings is 1. The van der Waals surface area contributed by atoms with Crippen LogP contribution in [0.2, 0.25) is 19.6 Å². The Morgan fingerprint density at radius 1 is 1.17 bits per heavy atom. The molecule has 0 aromatic heterocycles. The van der Waals surface area contributed by atoms with Crippen LogP contribution in [0.25, 0.3) is 0 Å². The van der Waals surface area contributed by atoms with Gasteiger partial charge in [0.05, 0.1) is 13.0 Å². The van der Waals surface area contributed by atoms with Crippen molar-refractivity contribution in [3.8, 4) is 0 Å². The van der Waals surface area contributed by atoms with E-state index in [4.69, 9.17) is 0 Å². The zero-order chi connectivity index (χ0) is 14.0. The molecule has 0 saturated carbocycles. The summed E-state index contributed by atoms with van der Waals surface area (Å²) >= 11 is 0. The number of hydrogen-bond acceptors (Lipinski definition) is 2. The van der Waals surface area contributed by atoms with Crippen LogP contribution < -0.4 is 0 Å². The Labute approximate surface area is 114 Å². The molecule has 1 rings (SSSR count). The fourth-order valence-electron chi connectivity index (χ4n) is 1.57. The van der Waals surface area contributed by atoms with E-state index in [1.54, 1.807) is 24.3 Å². The lowest BCUT2D eigenvalue weighted by Crippen LogP contribution is -2.28. The van der Waals surface area contributed by atoms with Crippen molar-refractivity contribution < 1.29 is 8.42 Å². The number of sulfonamides is 1. The Balaban J connectivity index is 3.01. The van der Waals surface area contributed by atoms with Crippen molar-refractivity contribution in [3.63, 3.8) is 0 Å². The molecule has 102 valence electrons. The van der Waals surface area contributed by atoms with Gasteiger partial charge in [-0.25, -0.2) is 0 Å². The van der Waals surface area contributed by atoms with Crippen LogP contribution in [0.15, 0.2) is 32.9 Å². The van der Waals surface area contributed by atoms with Crippen molar-refractivity contribution in [3.05, 3.63) is 29.8 Å². The maximum Gasteiger partial charge on any atom is 0.287 e. The first-order valence-electron chi connectivity index (χ1n) is 5.77. The van der Waals surface area contributed by atoms with E-state index in [1.165, 1.54) is 0 Å². The van der Waals surface area contributed by atoms with E-state index in [0.717, 1.165) is 10.9 Å². The molecule has 1 aromatic rings. The van der Waals surface area contributed by atoms with Crippen molar-refractivity contribution in [1.29, 1.82) is 0 Å². The fourth-order valence-corrected chi connectivity index (χ4v) is 9.44. The highest BCUT2D eigenvalue weighted by Gasteiger charge is 2.17. The number of rotatable bonds is 4. The summed E-state index contributed by atoms with van der Waals surface area (Å²) in [6.07, 6.45) is 1.91. The van der Waals surface area contributed by atoms with Crippen molar-refractivity contribution in [2.24, 2.45) is 3.77 Å². The van der Waals surface area contributed by atoms with Gasteiger partial charge < -0.3 is 0 Å². The van der Waals surface area contributed by atoms with Crippen molar-refractivity contribution in [2.75, 3.05) is 11.6 Å². The average Bonchev–Trinajstić information content (AvgIpc) is 2.13. The fraction of sp³-hybridized carbons (Fsp3) is 0.500. The molecule has 0 aliphatic carbocycles. The molecule has 0 amide bonds. The Kier molecular flexibility index (Phi) is 4.91. The van der Waals surface area contributed by atoms with Crippen LogP contribution in [0, 0.1) is 6.92 Å². The van der Waals surface area contributed by atoms with Gasteiger partial charge in [-0.05, 0) is 30.7 Å². The number of nitrogens with zero attached hydrogens (tertiary/aromatic N) is 1. The molecule has 3 nitrogen and oxygen atoms in total. The highest BCUT2D eigenvalue weighted by molar-refractivity contribution is 8.00. The molecular formula is C12H21NO2S2Si. The second kappa shape index (κ2) is 5.67. The predicted octanol–water partition coefficient (Wildman–Crippen LogP) is 2.99. The summed E-state index contributed by atoms with van der Waals surface area (Å²) in [4.78, 5) is 0.294. The summed E-state index contributed by atoms with van der Waals surface area (Å²) in [6.45, 7) is 8.61. The largest absolute Gasteiger partial charge is 0.287 e. The lowest BCUT2D eigenvalue weighted by atomic mass is 10.2. The third-order valence-electron chi connectivity index (χ3n) is 2.19. The first kappa shape index (κ1) is 15.6. The van der Waals surface area contributed by atoms with Crippen molar-refractivity contribution >= 4 is 28.8 Å². The monoisotopic (exact) mass is 303 g/mol. The summed E-state index contributed by atoms with van der Waals surface area (Å²) in [5.41, 5.74) is 1.05. The Morgan fingerprint density at radius 2 is 1.67 bits per heavy atom. The SMILES string of the molecule is Cc1ccc(S(=O)(=O)/N=S(\C)C[Si](C)(C)C)cc1. The molecule has 0 N–H and O–H groups in total. The lowest BCUT2D eigenvalue weighted by molar-refractivity contribution is 0.598. The molecule has 0 saturated heterocycles. The lowest BCUT2D eigenvalue weighted by Gasteiger charge is -2.15. The molecule has 0 radical (unpaired) electrons. The molecular weight excluding hydrogens is 282 g/mol. The van der Waals surface area contributed by atoms with Crippen LogP contribution in [-0.2, 0) is 20.7 Å². The van der Waals surface area contributed by atoms with E-state index in [1.807, 2.05) is 13.2 Å². The minimum absolute atomic E-state index is 0.294. The Hall–Kier alpha value is -0.463. The Morgan fingerprint density at radius 3 is 2.11 bits per heavy atom. The number of aryl methyl sites for hydroxylation is 1. The highest BCUT2D eigenvalue weighted by Crippen LogP contribution is 2.15. The molecule has 0 bridgehead atoms. The summed E-state index contributed by atoms with van der Waals surface area (Å²) in [7, 11) is -5.18. The molecule has 0 spiro atoms. The second-order valence-corrected chi connectivity index (χ2v) is 15.2. The van der Waals surface area contributed by atoms with Gasteiger partial charge in [0.15, 0.2) is 0 Å². The quantitative estimate of drug-likeness (QED) is 0.803. The minimum atomic E-state index is -3.49. The molecule has 0 fully saturated rings. The van der Waals surface area contributed by atoms with Crippen LogP contribution in [-0.4, -0.2) is 28.1 Å². The van der Waals surface area contributed by atoms with E-state index in [-0.39, 0.29) is 0 Å². The summed E-state index contributed by atoms with van der Waals surface area (Å²) in [5, 5.41) is 0.915. The summed E-state index contributed by atoms with van der Waals surface area (Å²) in [5.74, 6) is 0. The maximum absolute atomic E-state index is 12.1. The van der Waals surface area contributed by atoms with Crippen LogP contribution in [0.3, 0.4) is 0 Å². The topological polar surface area (TPSA) is 46.5 Å². The van der Waals surface area contributed by atoms with Gasteiger partial charge in [-0.2, -0.15) is 8.42 Å². The summed E-state index contributed by atoms with van der Waals surface area (Å²) in [6, 6.07) is 6.85. The third-order valence-corrected chi connectivity index (χ3v) is 9.99. The minimum Gasteiger partial charge on any atom is -0.199 e. The van der Waals surface area contributed by atoms with Crippen LogP contribution in [0.1, 0.15) is 5.56 Å². The first-order valence-corrected chi connectivity index (χ1v) is 12.7. The molecule has 6 heteroatoms. The van der Waals surface area contributed by atoms with Gasteiger partial charge in [0.2, 0.25) is 0 Å². The van der Waals surface area contributed by atoms with Gasteiger partial charge in [-0.1, -0.05) is 48.0 Å². The van der Waals surface area contributed by atoms with Crippen LogP contribution in [0.5, 0.6) is 0 Å². The smallest absolute Gasteiger partial charge is 0.199 e. The van der Waals surface area contributed by atoms with Crippen LogP contribution in [0.4, 0.5) is 0 Å². The normalized spacial score (nSPS) is 14.7. The Bertz CT molecular complexity index is 542. The second-order valence-electron chi connectivity index (χ2n) is 5.67. The molecule has 0 aliphatic rings. The molecule has 0 aliphatic heterocycles. The third kappa shape index (κ3) is 5.03. The van der Waals surface area contributed by atoms with Gasteiger partial charge in [0.25, 0.3) is 10.0 Å². The highest BCUT2D eigenvalue weighted by atomic mass is 32.3. The zero-order valence-electron chi connectivity index (χ0n) is 11.6. The van der Waals surface area contributed by atoms with Gasteiger partial charge in [-0.15, -0.1) is 3.77 Å². The van der Waals surface area contributed by atoms with Gasteiger partial charge in [0.1, 0.15) is 0 Å². The maximum atomic E-state index is 12.1. The van der Waals surface area contributed by atoms with E-state index >= 15 is 0 Å². The molecule has 0 heterocycles. The summed E-state index contributed by atoms with van der Waals surface area (Å²) < 4.78 is 28.2. The van der Waals surface area contributed by atoms with E-state index in [2.05, 4.69) is 23.4 Å². The molecule has 1 aromatic carbocycles.